The zero-order valence-electron chi connectivity index (χ0n) is 14.3. The minimum absolute atomic E-state index is 0.317. The zero-order chi connectivity index (χ0) is 17.6. The van der Waals surface area contributed by atoms with Gasteiger partial charge in [0.1, 0.15) is 24.1 Å². The van der Waals surface area contributed by atoms with Crippen LogP contribution in [0, 0.1) is 17.1 Å². The van der Waals surface area contributed by atoms with Crippen LogP contribution in [0.15, 0.2) is 24.3 Å². The molecule has 0 saturated heterocycles. The summed E-state index contributed by atoms with van der Waals surface area (Å²) >= 11 is 0. The summed E-state index contributed by atoms with van der Waals surface area (Å²) in [5.41, 5.74) is 3.86. The summed E-state index contributed by atoms with van der Waals surface area (Å²) in [5.74, 6) is 0.00175. The number of ether oxygens (including phenoxy) is 2. The van der Waals surface area contributed by atoms with Crippen LogP contribution in [0.1, 0.15) is 36.1 Å². The van der Waals surface area contributed by atoms with E-state index in [2.05, 4.69) is 11.1 Å². The fourth-order valence-corrected chi connectivity index (χ4v) is 3.29. The van der Waals surface area contributed by atoms with E-state index in [4.69, 9.17) is 9.47 Å². The van der Waals surface area contributed by atoms with E-state index < -0.39 is 0 Å². The second-order valence-electron chi connectivity index (χ2n) is 6.12. The van der Waals surface area contributed by atoms with E-state index in [0.717, 1.165) is 48.9 Å². The Kier molecular flexibility index (Phi) is 5.62. The Bertz CT molecular complexity index is 799. The predicted octanol–water partition coefficient (Wildman–Crippen LogP) is 4.05. The van der Waals surface area contributed by atoms with Crippen molar-refractivity contribution in [1.82, 2.24) is 4.98 Å². The average Bonchev–Trinajstić information content (AvgIpc) is 2.86. The Labute approximate surface area is 147 Å². The highest BCUT2D eigenvalue weighted by Crippen LogP contribution is 2.37. The van der Waals surface area contributed by atoms with Crippen molar-refractivity contribution < 1.29 is 13.9 Å². The molecule has 0 saturated carbocycles. The Hall–Kier alpha value is -2.45. The van der Waals surface area contributed by atoms with Crippen LogP contribution in [0.5, 0.6) is 5.88 Å². The van der Waals surface area contributed by atoms with Crippen LogP contribution >= 0.6 is 0 Å². The molecule has 0 atom stereocenters. The highest BCUT2D eigenvalue weighted by molar-refractivity contribution is 5.77. The molecule has 0 aliphatic heterocycles. The van der Waals surface area contributed by atoms with Crippen molar-refractivity contribution in [2.24, 2.45) is 0 Å². The van der Waals surface area contributed by atoms with Gasteiger partial charge in [0, 0.05) is 18.4 Å². The van der Waals surface area contributed by atoms with Crippen molar-refractivity contribution in [2.45, 2.75) is 32.1 Å². The van der Waals surface area contributed by atoms with Crippen molar-refractivity contribution in [3.8, 4) is 23.1 Å². The maximum Gasteiger partial charge on any atom is 0.232 e. The monoisotopic (exact) mass is 340 g/mol. The molecule has 1 aromatic heterocycles. The molecule has 0 fully saturated rings. The minimum Gasteiger partial charge on any atom is -0.474 e. The number of aryl methyl sites for hydroxylation is 1. The van der Waals surface area contributed by atoms with Crippen molar-refractivity contribution in [1.29, 1.82) is 5.26 Å². The smallest absolute Gasteiger partial charge is 0.232 e. The first kappa shape index (κ1) is 17.4. The number of fused-ring (bicyclic) bond motifs is 1. The highest BCUT2D eigenvalue weighted by Gasteiger charge is 2.23. The lowest BCUT2D eigenvalue weighted by Gasteiger charge is -2.17. The number of halogens is 1. The summed E-state index contributed by atoms with van der Waals surface area (Å²) in [7, 11) is 1.59. The minimum atomic E-state index is -0.317. The van der Waals surface area contributed by atoms with E-state index in [0.29, 0.717) is 30.2 Å². The Morgan fingerprint density at radius 1 is 1.20 bits per heavy atom. The molecule has 3 rings (SSSR count). The number of rotatable bonds is 5. The molecule has 0 unspecified atom stereocenters. The quantitative estimate of drug-likeness (QED) is 0.608. The lowest BCUT2D eigenvalue weighted by atomic mass is 9.92. The summed E-state index contributed by atoms with van der Waals surface area (Å²) in [4.78, 5) is 4.63. The van der Waals surface area contributed by atoms with Crippen LogP contribution in [0.3, 0.4) is 0 Å². The van der Waals surface area contributed by atoms with Crippen LogP contribution in [0.4, 0.5) is 4.39 Å². The topological polar surface area (TPSA) is 55.1 Å². The lowest BCUT2D eigenvalue weighted by molar-refractivity contribution is 0.143. The van der Waals surface area contributed by atoms with Gasteiger partial charge in [-0.15, -0.1) is 0 Å². The lowest BCUT2D eigenvalue weighted by Crippen LogP contribution is -2.10. The zero-order valence-corrected chi connectivity index (χ0v) is 14.3. The number of hydrogen-bond acceptors (Lipinski definition) is 4. The number of pyridine rings is 1. The number of hydrogen-bond donors (Lipinski definition) is 0. The maximum atomic E-state index is 13.8. The van der Waals surface area contributed by atoms with Gasteiger partial charge in [-0.05, 0) is 48.9 Å². The molecule has 0 bridgehead atoms. The number of nitriles is 1. The Balaban J connectivity index is 2.18. The van der Waals surface area contributed by atoms with Crippen molar-refractivity contribution >= 4 is 0 Å². The van der Waals surface area contributed by atoms with Gasteiger partial charge < -0.3 is 9.47 Å². The van der Waals surface area contributed by atoms with Gasteiger partial charge in [0.2, 0.25) is 5.88 Å². The first-order valence-corrected chi connectivity index (χ1v) is 8.58. The van der Waals surface area contributed by atoms with Gasteiger partial charge in [-0.3, -0.25) is 0 Å². The van der Waals surface area contributed by atoms with Gasteiger partial charge in [-0.25, -0.2) is 9.37 Å². The largest absolute Gasteiger partial charge is 0.474 e. The van der Waals surface area contributed by atoms with Gasteiger partial charge in [-0.2, -0.15) is 5.26 Å². The summed E-state index contributed by atoms with van der Waals surface area (Å²) in [6, 6.07) is 8.61. The van der Waals surface area contributed by atoms with Crippen molar-refractivity contribution in [3.63, 3.8) is 0 Å². The van der Waals surface area contributed by atoms with Crippen molar-refractivity contribution in [2.75, 3.05) is 20.3 Å². The molecule has 1 aliphatic rings. The molecule has 5 heteroatoms. The summed E-state index contributed by atoms with van der Waals surface area (Å²) in [6.45, 7) is 0.735. The van der Waals surface area contributed by atoms with Gasteiger partial charge in [-0.1, -0.05) is 18.6 Å². The molecule has 0 radical (unpaired) electrons. The molecule has 2 aromatic rings. The van der Waals surface area contributed by atoms with E-state index in [1.807, 2.05) is 6.07 Å². The Morgan fingerprint density at radius 2 is 2.04 bits per heavy atom. The normalized spacial score (nSPS) is 13.6. The van der Waals surface area contributed by atoms with Gasteiger partial charge in [0.05, 0.1) is 6.61 Å². The van der Waals surface area contributed by atoms with Crippen molar-refractivity contribution in [3.05, 3.63) is 46.9 Å². The van der Waals surface area contributed by atoms with Crippen LogP contribution in [-0.4, -0.2) is 25.3 Å². The van der Waals surface area contributed by atoms with E-state index in [1.54, 1.807) is 13.2 Å². The molecule has 1 aromatic carbocycles. The van der Waals surface area contributed by atoms with Crippen LogP contribution in [0.25, 0.3) is 11.1 Å². The Morgan fingerprint density at radius 3 is 2.80 bits per heavy atom. The molecular formula is C20H21FN2O2. The fourth-order valence-electron chi connectivity index (χ4n) is 3.29. The number of benzene rings is 1. The average molecular weight is 340 g/mol. The van der Waals surface area contributed by atoms with Crippen LogP contribution in [-0.2, 0) is 17.6 Å². The van der Waals surface area contributed by atoms with E-state index in [9.17, 15) is 9.65 Å². The third kappa shape index (κ3) is 3.80. The standard InChI is InChI=1S/C20H21FN2O2/c1-24-10-11-25-20-17(13-22)19(14-6-5-7-15(21)12-14)16-8-3-2-4-9-18(16)23-20/h5-7,12H,2-4,8-11H2,1H3. The van der Waals surface area contributed by atoms with Gasteiger partial charge in [0.25, 0.3) is 0 Å². The molecule has 0 amide bonds. The number of nitrogens with zero attached hydrogens (tertiary/aromatic N) is 2. The summed E-state index contributed by atoms with van der Waals surface area (Å²) < 4.78 is 24.5. The molecule has 25 heavy (non-hydrogen) atoms. The molecule has 0 spiro atoms. The number of aromatic nitrogens is 1. The second-order valence-corrected chi connectivity index (χ2v) is 6.12. The summed E-state index contributed by atoms with van der Waals surface area (Å²) in [6.07, 6.45) is 4.93. The third-order valence-corrected chi connectivity index (χ3v) is 4.44. The summed E-state index contributed by atoms with van der Waals surface area (Å²) in [5, 5.41) is 9.76. The van der Waals surface area contributed by atoms with Gasteiger partial charge >= 0.3 is 0 Å². The molecule has 130 valence electrons. The molecule has 1 aliphatic carbocycles. The third-order valence-electron chi connectivity index (χ3n) is 4.44. The first-order valence-electron chi connectivity index (χ1n) is 8.58. The van der Waals surface area contributed by atoms with Crippen LogP contribution in [0.2, 0.25) is 0 Å². The SMILES string of the molecule is COCCOc1nc2c(c(-c3cccc(F)c3)c1C#N)CCCCC2. The molecule has 1 heterocycles. The number of methoxy groups -OCH3 is 1. The fraction of sp³-hybridized carbons (Fsp3) is 0.400. The maximum absolute atomic E-state index is 13.8. The molecule has 4 nitrogen and oxygen atoms in total. The second kappa shape index (κ2) is 8.09. The van der Waals surface area contributed by atoms with Crippen LogP contribution < -0.4 is 4.74 Å². The van der Waals surface area contributed by atoms with E-state index >= 15 is 0 Å². The van der Waals surface area contributed by atoms with Gasteiger partial charge in [0.15, 0.2) is 0 Å². The first-order chi connectivity index (χ1) is 12.2. The molecular weight excluding hydrogens is 319 g/mol. The highest BCUT2D eigenvalue weighted by atomic mass is 19.1. The molecule has 0 N–H and O–H groups in total. The predicted molar refractivity (Wildman–Crippen MR) is 93.0 cm³/mol. The van der Waals surface area contributed by atoms with E-state index in [1.165, 1.54) is 12.1 Å². The van der Waals surface area contributed by atoms with E-state index in [-0.39, 0.29) is 5.82 Å².